The van der Waals surface area contributed by atoms with E-state index in [-0.39, 0.29) is 36.4 Å². The van der Waals surface area contributed by atoms with Crippen molar-refractivity contribution in [2.75, 3.05) is 7.11 Å². The second-order valence-electron chi connectivity index (χ2n) is 6.70. The lowest BCUT2D eigenvalue weighted by molar-refractivity contribution is -0.137. The fourth-order valence-corrected chi connectivity index (χ4v) is 3.09. The Morgan fingerprint density at radius 1 is 1.10 bits per heavy atom. The summed E-state index contributed by atoms with van der Waals surface area (Å²) in [6.45, 7) is 0.0433. The van der Waals surface area contributed by atoms with Crippen molar-refractivity contribution in [3.8, 4) is 5.75 Å². The van der Waals surface area contributed by atoms with Crippen molar-refractivity contribution in [1.82, 2.24) is 14.5 Å². The summed E-state index contributed by atoms with van der Waals surface area (Å²) >= 11 is 0. The van der Waals surface area contributed by atoms with Crippen LogP contribution >= 0.6 is 0 Å². The van der Waals surface area contributed by atoms with Crippen molar-refractivity contribution in [2.24, 2.45) is 7.05 Å². The molecule has 9 nitrogen and oxygen atoms in total. The molecule has 0 fully saturated rings. The Labute approximate surface area is 171 Å². The number of carbonyl (C=O) groups excluding carboxylic acids is 1. The van der Waals surface area contributed by atoms with E-state index in [0.29, 0.717) is 11.3 Å². The largest absolute Gasteiger partial charge is 0.497 e. The van der Waals surface area contributed by atoms with Crippen LogP contribution in [-0.2, 0) is 24.9 Å². The number of ether oxygens (including phenoxy) is 1. The molecule has 0 saturated heterocycles. The minimum absolute atomic E-state index is 0.166. The molecule has 1 heterocycles. The van der Waals surface area contributed by atoms with Crippen molar-refractivity contribution in [2.45, 2.75) is 19.5 Å². The molecule has 3 aromatic rings. The predicted molar refractivity (Wildman–Crippen MR) is 110 cm³/mol. The summed E-state index contributed by atoms with van der Waals surface area (Å²) in [6, 6.07) is 11.7. The summed E-state index contributed by atoms with van der Waals surface area (Å²) < 4.78 is 7.23. The molecule has 30 heavy (non-hydrogen) atoms. The Bertz CT molecular complexity index is 1220. The second-order valence-corrected chi connectivity index (χ2v) is 6.70. The molecule has 2 aromatic carbocycles. The number of hydrogen-bond donors (Lipinski definition) is 2. The van der Waals surface area contributed by atoms with E-state index in [0.717, 1.165) is 10.1 Å². The summed E-state index contributed by atoms with van der Waals surface area (Å²) in [6.07, 6.45) is -0.358. The average Bonchev–Trinajstić information content (AvgIpc) is 2.75. The lowest BCUT2D eigenvalue weighted by Gasteiger charge is -2.11. The van der Waals surface area contributed by atoms with Crippen LogP contribution in [0.3, 0.4) is 0 Å². The number of aromatic nitrogens is 2. The maximum absolute atomic E-state index is 12.7. The summed E-state index contributed by atoms with van der Waals surface area (Å²) in [7, 11) is 3.06. The fraction of sp³-hybridized carbons (Fsp3) is 0.238. The van der Waals surface area contributed by atoms with E-state index in [1.54, 1.807) is 19.2 Å². The van der Waals surface area contributed by atoms with E-state index in [2.05, 4.69) is 5.32 Å². The van der Waals surface area contributed by atoms with Gasteiger partial charge in [0.15, 0.2) is 0 Å². The molecule has 0 unspecified atom stereocenters. The number of benzene rings is 2. The average molecular weight is 411 g/mol. The van der Waals surface area contributed by atoms with Crippen LogP contribution in [0.25, 0.3) is 10.9 Å². The highest BCUT2D eigenvalue weighted by Gasteiger charge is 2.14. The highest BCUT2D eigenvalue weighted by Crippen LogP contribution is 2.13. The molecular formula is C21H21N3O6. The second kappa shape index (κ2) is 8.64. The first-order valence-corrected chi connectivity index (χ1v) is 9.18. The highest BCUT2D eigenvalue weighted by molar-refractivity contribution is 5.97. The van der Waals surface area contributed by atoms with Crippen molar-refractivity contribution in [3.63, 3.8) is 0 Å². The van der Waals surface area contributed by atoms with Crippen LogP contribution in [0.5, 0.6) is 5.75 Å². The van der Waals surface area contributed by atoms with Crippen molar-refractivity contribution in [1.29, 1.82) is 0 Å². The zero-order chi connectivity index (χ0) is 21.8. The summed E-state index contributed by atoms with van der Waals surface area (Å²) in [5, 5.41) is 11.8. The third-order valence-electron chi connectivity index (χ3n) is 4.77. The van der Waals surface area contributed by atoms with Crippen LogP contribution in [0.2, 0.25) is 0 Å². The normalized spacial score (nSPS) is 10.7. The fourth-order valence-electron chi connectivity index (χ4n) is 3.09. The Morgan fingerprint density at radius 3 is 2.43 bits per heavy atom. The van der Waals surface area contributed by atoms with Gasteiger partial charge in [0.05, 0.1) is 24.4 Å². The van der Waals surface area contributed by atoms with Gasteiger partial charge in [0, 0.05) is 25.7 Å². The molecule has 0 atom stereocenters. The SMILES string of the molecule is COc1ccc(CNC(=O)c2ccc3c(c2)c(=O)n(CCC(=O)O)c(=O)n3C)cc1. The van der Waals surface area contributed by atoms with E-state index < -0.39 is 17.2 Å². The zero-order valence-electron chi connectivity index (χ0n) is 16.5. The Morgan fingerprint density at radius 2 is 1.80 bits per heavy atom. The first-order valence-electron chi connectivity index (χ1n) is 9.18. The Hall–Kier alpha value is -3.88. The standard InChI is InChI=1S/C21H21N3O6/c1-23-17-8-5-14(19(27)22-12-13-3-6-15(30-2)7-4-13)11-16(17)20(28)24(21(23)29)10-9-18(25)26/h3-8,11H,9-10,12H2,1-2H3,(H,22,27)(H,25,26). The van der Waals surface area contributed by atoms with E-state index in [9.17, 15) is 19.2 Å². The number of carbonyl (C=O) groups is 2. The van der Waals surface area contributed by atoms with Gasteiger partial charge < -0.3 is 15.2 Å². The molecule has 0 bridgehead atoms. The van der Waals surface area contributed by atoms with Gasteiger partial charge in [0.25, 0.3) is 11.5 Å². The minimum atomic E-state index is -1.12. The Kier molecular flexibility index (Phi) is 6.01. The molecule has 0 radical (unpaired) electrons. The topological polar surface area (TPSA) is 120 Å². The highest BCUT2D eigenvalue weighted by atomic mass is 16.5. The number of nitrogens with zero attached hydrogens (tertiary/aromatic N) is 2. The summed E-state index contributed by atoms with van der Waals surface area (Å²) in [5.74, 6) is -0.779. The molecule has 0 aliphatic carbocycles. The van der Waals surface area contributed by atoms with Gasteiger partial charge in [-0.05, 0) is 35.9 Å². The van der Waals surface area contributed by atoms with E-state index in [1.165, 1.54) is 29.8 Å². The van der Waals surface area contributed by atoms with Gasteiger partial charge in [0.2, 0.25) is 0 Å². The maximum atomic E-state index is 12.7. The number of hydrogen-bond acceptors (Lipinski definition) is 5. The first-order chi connectivity index (χ1) is 14.3. The lowest BCUT2D eigenvalue weighted by atomic mass is 10.1. The van der Waals surface area contributed by atoms with Crippen molar-refractivity contribution in [3.05, 3.63) is 74.4 Å². The van der Waals surface area contributed by atoms with Gasteiger partial charge >= 0.3 is 11.7 Å². The molecule has 9 heteroatoms. The van der Waals surface area contributed by atoms with E-state index in [1.807, 2.05) is 12.1 Å². The number of nitrogens with one attached hydrogen (secondary N) is 1. The quantitative estimate of drug-likeness (QED) is 0.601. The van der Waals surface area contributed by atoms with Gasteiger partial charge in [-0.2, -0.15) is 0 Å². The minimum Gasteiger partial charge on any atom is -0.497 e. The van der Waals surface area contributed by atoms with Crippen LogP contribution in [0, 0.1) is 0 Å². The third kappa shape index (κ3) is 4.24. The van der Waals surface area contributed by atoms with Gasteiger partial charge in [-0.25, -0.2) is 4.79 Å². The van der Waals surface area contributed by atoms with Gasteiger partial charge in [-0.3, -0.25) is 23.5 Å². The number of methoxy groups -OCH3 is 1. The number of aryl methyl sites for hydroxylation is 1. The smallest absolute Gasteiger partial charge is 0.331 e. The molecule has 0 spiro atoms. The number of rotatable bonds is 7. The van der Waals surface area contributed by atoms with Gasteiger partial charge in [0.1, 0.15) is 5.75 Å². The Balaban J connectivity index is 1.89. The lowest BCUT2D eigenvalue weighted by Crippen LogP contribution is -2.39. The van der Waals surface area contributed by atoms with E-state index >= 15 is 0 Å². The molecule has 0 saturated carbocycles. The summed E-state index contributed by atoms with van der Waals surface area (Å²) in [5.41, 5.74) is 0.271. The van der Waals surface area contributed by atoms with Crippen LogP contribution in [0.1, 0.15) is 22.3 Å². The third-order valence-corrected chi connectivity index (χ3v) is 4.77. The first kappa shape index (κ1) is 20.8. The summed E-state index contributed by atoms with van der Waals surface area (Å²) in [4.78, 5) is 48.5. The molecule has 0 aliphatic rings. The molecule has 1 aromatic heterocycles. The molecular weight excluding hydrogens is 390 g/mol. The zero-order valence-corrected chi connectivity index (χ0v) is 16.5. The van der Waals surface area contributed by atoms with Crippen molar-refractivity contribution >= 4 is 22.8 Å². The van der Waals surface area contributed by atoms with E-state index in [4.69, 9.17) is 9.84 Å². The number of carboxylic acid groups (broad SMARTS) is 1. The maximum Gasteiger partial charge on any atom is 0.331 e. The molecule has 3 rings (SSSR count). The van der Waals surface area contributed by atoms with Gasteiger partial charge in [-0.15, -0.1) is 0 Å². The number of amides is 1. The van der Waals surface area contributed by atoms with Gasteiger partial charge in [-0.1, -0.05) is 12.1 Å². The number of aliphatic carboxylic acids is 1. The number of fused-ring (bicyclic) bond motifs is 1. The van der Waals surface area contributed by atoms with Crippen LogP contribution < -0.4 is 21.3 Å². The van der Waals surface area contributed by atoms with Crippen LogP contribution in [0.4, 0.5) is 0 Å². The predicted octanol–water partition coefficient (Wildman–Crippen LogP) is 1.11. The molecule has 2 N–H and O–H groups in total. The van der Waals surface area contributed by atoms with Crippen LogP contribution in [-0.4, -0.2) is 33.2 Å². The monoisotopic (exact) mass is 411 g/mol. The molecule has 1 amide bonds. The molecule has 156 valence electrons. The molecule has 0 aliphatic heterocycles. The van der Waals surface area contributed by atoms with Crippen LogP contribution in [0.15, 0.2) is 52.1 Å². The van der Waals surface area contributed by atoms with Crippen molar-refractivity contribution < 1.29 is 19.4 Å². The number of carboxylic acids is 1.